The lowest BCUT2D eigenvalue weighted by Gasteiger charge is -2.18. The number of hydrogen-bond acceptors (Lipinski definition) is 6. The van der Waals surface area contributed by atoms with E-state index in [0.29, 0.717) is 29.2 Å². The molecular weight excluding hydrogens is 446 g/mol. The summed E-state index contributed by atoms with van der Waals surface area (Å²) in [5.74, 6) is 0.775. The molecule has 3 rings (SSSR count). The van der Waals surface area contributed by atoms with E-state index < -0.39 is 10.0 Å². The van der Waals surface area contributed by atoms with Crippen LogP contribution in [0.1, 0.15) is 21.9 Å². The van der Waals surface area contributed by atoms with Crippen LogP contribution in [0.15, 0.2) is 71.6 Å². The Morgan fingerprint density at radius 2 is 1.69 bits per heavy atom. The van der Waals surface area contributed by atoms with Crippen molar-refractivity contribution in [1.82, 2.24) is 0 Å². The first-order valence-electron chi connectivity index (χ1n) is 9.70. The van der Waals surface area contributed by atoms with E-state index in [1.54, 1.807) is 30.3 Å². The Morgan fingerprint density at radius 3 is 2.31 bits per heavy atom. The van der Waals surface area contributed by atoms with Crippen LogP contribution in [0.4, 0.5) is 5.69 Å². The predicted molar refractivity (Wildman–Crippen MR) is 130 cm³/mol. The van der Waals surface area contributed by atoms with Gasteiger partial charge in [-0.2, -0.15) is 12.6 Å². The number of sulfonamides is 1. The van der Waals surface area contributed by atoms with E-state index >= 15 is 0 Å². The van der Waals surface area contributed by atoms with Gasteiger partial charge in [0.1, 0.15) is 5.84 Å². The van der Waals surface area contributed by atoms with Gasteiger partial charge in [0.05, 0.1) is 24.8 Å². The van der Waals surface area contributed by atoms with E-state index in [-0.39, 0.29) is 16.0 Å². The maximum atomic E-state index is 13.0. The van der Waals surface area contributed by atoms with Crippen LogP contribution in [0.5, 0.6) is 11.5 Å². The number of ether oxygens (including phenoxy) is 2. The highest BCUT2D eigenvalue weighted by Gasteiger charge is 2.20. The molecule has 168 valence electrons. The highest BCUT2D eigenvalue weighted by Crippen LogP contribution is 2.34. The fourth-order valence-electron chi connectivity index (χ4n) is 3.22. The number of nitrogen functional groups attached to an aromatic ring is 1. The number of hydrogen-bond donors (Lipinski definition) is 4. The van der Waals surface area contributed by atoms with E-state index in [1.165, 1.54) is 26.4 Å². The maximum absolute atomic E-state index is 13.0. The molecule has 0 saturated carbocycles. The summed E-state index contributed by atoms with van der Waals surface area (Å²) in [4.78, 5) is 0.0560. The number of para-hydroxylation sites is 1. The molecule has 1 atom stereocenters. The molecule has 0 aliphatic heterocycles. The Hall–Kier alpha value is -3.17. The molecule has 0 aliphatic carbocycles. The molecule has 0 aromatic heterocycles. The third-order valence-electron chi connectivity index (χ3n) is 4.92. The van der Waals surface area contributed by atoms with Crippen molar-refractivity contribution in [2.75, 3.05) is 18.9 Å². The van der Waals surface area contributed by atoms with E-state index in [1.807, 2.05) is 24.3 Å². The van der Waals surface area contributed by atoms with Crippen LogP contribution in [0.2, 0.25) is 0 Å². The van der Waals surface area contributed by atoms with Gasteiger partial charge in [0.15, 0.2) is 11.5 Å². The van der Waals surface area contributed by atoms with Crippen molar-refractivity contribution in [2.24, 2.45) is 5.73 Å². The number of thiol groups is 1. The van der Waals surface area contributed by atoms with Gasteiger partial charge in [-0.05, 0) is 35.7 Å². The van der Waals surface area contributed by atoms with Gasteiger partial charge >= 0.3 is 0 Å². The molecular formula is C23H25N3O4S2. The summed E-state index contributed by atoms with van der Waals surface area (Å²) in [7, 11) is -0.935. The smallest absolute Gasteiger partial charge is 0.262 e. The summed E-state index contributed by atoms with van der Waals surface area (Å²) < 4.78 is 39.1. The topological polar surface area (TPSA) is 114 Å². The van der Waals surface area contributed by atoms with Crippen LogP contribution in [0, 0.1) is 5.41 Å². The summed E-state index contributed by atoms with van der Waals surface area (Å²) in [6.07, 6.45) is 0.566. The third kappa shape index (κ3) is 5.35. The SMILES string of the molecule is COc1ccc(S(=O)(=O)Nc2ccccc2C(S)Cc2ccc(C(=N)N)cc2)cc1OC. The molecule has 0 aliphatic rings. The van der Waals surface area contributed by atoms with E-state index in [0.717, 1.165) is 11.1 Å². The molecule has 0 fully saturated rings. The molecule has 1 unspecified atom stereocenters. The number of nitrogens with one attached hydrogen (secondary N) is 2. The first-order valence-corrected chi connectivity index (χ1v) is 11.7. The van der Waals surface area contributed by atoms with E-state index in [9.17, 15) is 8.42 Å². The number of methoxy groups -OCH3 is 2. The van der Waals surface area contributed by atoms with Gasteiger partial charge in [-0.1, -0.05) is 42.5 Å². The average Bonchev–Trinajstić information content (AvgIpc) is 2.79. The molecule has 0 radical (unpaired) electrons. The quantitative estimate of drug-likeness (QED) is 0.214. The van der Waals surface area contributed by atoms with Gasteiger partial charge in [-0.15, -0.1) is 0 Å². The van der Waals surface area contributed by atoms with Crippen LogP contribution in [0.3, 0.4) is 0 Å². The van der Waals surface area contributed by atoms with Crippen LogP contribution < -0.4 is 19.9 Å². The van der Waals surface area contributed by atoms with Crippen LogP contribution in [-0.4, -0.2) is 28.5 Å². The second kappa shape index (κ2) is 9.97. The fourth-order valence-corrected chi connectivity index (χ4v) is 4.76. The summed E-state index contributed by atoms with van der Waals surface area (Å²) in [5.41, 5.74) is 8.34. The predicted octanol–water partition coefficient (Wildman–Crippen LogP) is 4.00. The monoisotopic (exact) mass is 471 g/mol. The number of rotatable bonds is 9. The van der Waals surface area contributed by atoms with Crippen molar-refractivity contribution in [1.29, 1.82) is 5.41 Å². The first-order chi connectivity index (χ1) is 15.2. The Labute approximate surface area is 193 Å². The molecule has 0 spiro atoms. The first kappa shape index (κ1) is 23.5. The summed E-state index contributed by atoms with van der Waals surface area (Å²) in [6.45, 7) is 0. The second-order valence-corrected chi connectivity index (χ2v) is 9.35. The van der Waals surface area contributed by atoms with Gasteiger partial charge < -0.3 is 15.2 Å². The number of anilines is 1. The zero-order chi connectivity index (χ0) is 23.3. The molecule has 0 saturated heterocycles. The van der Waals surface area contributed by atoms with Gasteiger partial charge in [0.25, 0.3) is 10.0 Å². The van der Waals surface area contributed by atoms with Crippen LogP contribution >= 0.6 is 12.6 Å². The second-order valence-electron chi connectivity index (χ2n) is 7.04. The Bertz CT molecular complexity index is 1210. The van der Waals surface area contributed by atoms with Gasteiger partial charge in [-0.25, -0.2) is 8.42 Å². The lowest BCUT2D eigenvalue weighted by molar-refractivity contribution is 0.354. The number of nitrogens with two attached hydrogens (primary N) is 1. The van der Waals surface area contributed by atoms with Gasteiger partial charge in [-0.3, -0.25) is 10.1 Å². The molecule has 3 aromatic rings. The lowest BCUT2D eigenvalue weighted by atomic mass is 10.0. The Morgan fingerprint density at radius 1 is 1.03 bits per heavy atom. The highest BCUT2D eigenvalue weighted by molar-refractivity contribution is 7.92. The molecule has 4 N–H and O–H groups in total. The molecule has 32 heavy (non-hydrogen) atoms. The van der Waals surface area contributed by atoms with Gasteiger partial charge in [0.2, 0.25) is 0 Å². The summed E-state index contributed by atoms with van der Waals surface area (Å²) >= 11 is 4.72. The molecule has 0 bridgehead atoms. The van der Waals surface area contributed by atoms with Crippen LogP contribution in [-0.2, 0) is 16.4 Å². The van der Waals surface area contributed by atoms with Crippen molar-refractivity contribution in [3.05, 3.63) is 83.4 Å². The Balaban J connectivity index is 1.85. The van der Waals surface area contributed by atoms with Gasteiger partial charge in [0, 0.05) is 16.9 Å². The molecule has 0 amide bonds. The van der Waals surface area contributed by atoms with Crippen molar-refractivity contribution in [3.63, 3.8) is 0 Å². The van der Waals surface area contributed by atoms with E-state index in [4.69, 9.17) is 33.2 Å². The third-order valence-corrected chi connectivity index (χ3v) is 6.75. The normalized spacial score (nSPS) is 12.1. The number of benzene rings is 3. The molecule has 3 aromatic carbocycles. The fraction of sp³-hybridized carbons (Fsp3) is 0.174. The lowest BCUT2D eigenvalue weighted by Crippen LogP contribution is -2.15. The van der Waals surface area contributed by atoms with Crippen molar-refractivity contribution in [2.45, 2.75) is 16.6 Å². The van der Waals surface area contributed by atoms with Crippen molar-refractivity contribution >= 4 is 34.2 Å². The minimum Gasteiger partial charge on any atom is -0.493 e. The van der Waals surface area contributed by atoms with Crippen molar-refractivity contribution in [3.8, 4) is 11.5 Å². The standard InChI is InChI=1S/C23H25N3O4S2/c1-29-20-12-11-17(14-21(20)30-2)32(27,28)26-19-6-4-3-5-18(19)22(31)13-15-7-9-16(10-8-15)23(24)25/h3-12,14,22,26,31H,13H2,1-2H3,(H3,24,25). The molecule has 7 nitrogen and oxygen atoms in total. The maximum Gasteiger partial charge on any atom is 0.262 e. The largest absolute Gasteiger partial charge is 0.493 e. The summed E-state index contributed by atoms with van der Waals surface area (Å²) in [5, 5.41) is 7.23. The number of amidine groups is 1. The minimum atomic E-state index is -3.87. The highest BCUT2D eigenvalue weighted by atomic mass is 32.2. The molecule has 9 heteroatoms. The zero-order valence-corrected chi connectivity index (χ0v) is 19.4. The van der Waals surface area contributed by atoms with Crippen LogP contribution in [0.25, 0.3) is 0 Å². The van der Waals surface area contributed by atoms with E-state index in [2.05, 4.69) is 4.72 Å². The summed E-state index contributed by atoms with van der Waals surface area (Å²) in [6, 6.07) is 18.9. The molecule has 0 heterocycles. The van der Waals surface area contributed by atoms with Crippen molar-refractivity contribution < 1.29 is 17.9 Å². The zero-order valence-electron chi connectivity index (χ0n) is 17.7. The average molecular weight is 472 g/mol. The minimum absolute atomic E-state index is 0.00823. The Kier molecular flexibility index (Phi) is 7.32.